The smallest absolute Gasteiger partial charge is 0.196 e. The number of nitrogens with one attached hydrogen (secondary N) is 2. The van der Waals surface area contributed by atoms with Crippen molar-refractivity contribution in [3.05, 3.63) is 41.7 Å². The average Bonchev–Trinajstić information content (AvgIpc) is 2.89. The minimum absolute atomic E-state index is 0.315. The molecule has 1 heterocycles. The maximum Gasteiger partial charge on any atom is 0.196 e. The van der Waals surface area contributed by atoms with Gasteiger partial charge in [-0.15, -0.1) is 10.2 Å². The number of hydrogen-bond donors (Lipinski definition) is 2. The Hall–Kier alpha value is -2.44. The van der Waals surface area contributed by atoms with Gasteiger partial charge in [0.25, 0.3) is 0 Å². The number of nitrogens with zero attached hydrogens (tertiary/aromatic N) is 3. The minimum Gasteiger partial charge on any atom is -0.530 e. The molecule has 0 aliphatic heterocycles. The molecular formula is C11H12N5O2-. The summed E-state index contributed by atoms with van der Waals surface area (Å²) in [6.07, 6.45) is -0.101. The summed E-state index contributed by atoms with van der Waals surface area (Å²) in [5.41, 5.74) is 1.12. The van der Waals surface area contributed by atoms with E-state index in [2.05, 4.69) is 25.9 Å². The molecule has 1 unspecified atom stereocenters. The third kappa shape index (κ3) is 3.27. The number of rotatable bonds is 5. The molecule has 0 bridgehead atoms. The molecule has 7 heteroatoms. The summed E-state index contributed by atoms with van der Waals surface area (Å²) in [6.45, 7) is 0. The van der Waals surface area contributed by atoms with Gasteiger partial charge >= 0.3 is 0 Å². The van der Waals surface area contributed by atoms with Crippen molar-refractivity contribution < 1.29 is 9.90 Å². The molecule has 94 valence electrons. The Morgan fingerprint density at radius 3 is 2.78 bits per heavy atom. The zero-order chi connectivity index (χ0) is 12.8. The lowest BCUT2D eigenvalue weighted by molar-refractivity contribution is -0.251. The second-order valence-electron chi connectivity index (χ2n) is 3.78. The molecular weight excluding hydrogens is 234 g/mol. The third-order valence-electron chi connectivity index (χ3n) is 2.53. The highest BCUT2D eigenvalue weighted by Gasteiger charge is 2.15. The van der Waals surface area contributed by atoms with Crippen LogP contribution in [-0.4, -0.2) is 26.7 Å². The van der Waals surface area contributed by atoms with Crippen LogP contribution in [0.5, 0.6) is 0 Å². The van der Waals surface area contributed by atoms with Gasteiger partial charge in [0, 0.05) is 0 Å². The van der Waals surface area contributed by atoms with Gasteiger partial charge in [0.1, 0.15) is 6.09 Å². The van der Waals surface area contributed by atoms with Crippen LogP contribution in [0.25, 0.3) is 0 Å². The summed E-state index contributed by atoms with van der Waals surface area (Å²) in [5, 5.41) is 26.2. The summed E-state index contributed by atoms with van der Waals surface area (Å²) in [5.74, 6) is 0.315. The van der Waals surface area contributed by atoms with Crippen LogP contribution >= 0.6 is 0 Å². The van der Waals surface area contributed by atoms with Gasteiger partial charge < -0.3 is 15.2 Å². The zero-order valence-electron chi connectivity index (χ0n) is 9.54. The first kappa shape index (κ1) is 12.0. The van der Waals surface area contributed by atoms with Crippen molar-refractivity contribution in [1.82, 2.24) is 25.9 Å². The second-order valence-corrected chi connectivity index (χ2v) is 3.78. The topological polar surface area (TPSA) is 107 Å². The first-order valence-corrected chi connectivity index (χ1v) is 5.50. The van der Waals surface area contributed by atoms with Crippen LogP contribution in [0.1, 0.15) is 23.9 Å². The van der Waals surface area contributed by atoms with Gasteiger partial charge in [-0.1, -0.05) is 35.5 Å². The highest BCUT2D eigenvalue weighted by Crippen LogP contribution is 2.14. The fourth-order valence-corrected chi connectivity index (χ4v) is 1.68. The van der Waals surface area contributed by atoms with Crippen LogP contribution in [0.2, 0.25) is 0 Å². The van der Waals surface area contributed by atoms with Gasteiger partial charge in [0.2, 0.25) is 0 Å². The van der Waals surface area contributed by atoms with Crippen LogP contribution in [0.3, 0.4) is 0 Å². The first-order valence-electron chi connectivity index (χ1n) is 5.50. The molecule has 0 aliphatic rings. The van der Waals surface area contributed by atoms with E-state index in [-0.39, 0.29) is 0 Å². The molecule has 1 aromatic heterocycles. The Morgan fingerprint density at radius 2 is 2.17 bits per heavy atom. The van der Waals surface area contributed by atoms with E-state index in [9.17, 15) is 9.90 Å². The summed E-state index contributed by atoms with van der Waals surface area (Å²) < 4.78 is 0. The van der Waals surface area contributed by atoms with Crippen molar-refractivity contribution >= 4 is 6.09 Å². The van der Waals surface area contributed by atoms with E-state index >= 15 is 0 Å². The van der Waals surface area contributed by atoms with Gasteiger partial charge in [0.05, 0.1) is 6.04 Å². The summed E-state index contributed by atoms with van der Waals surface area (Å²) in [6, 6.07) is 9.24. The van der Waals surface area contributed by atoms with Gasteiger partial charge in [-0.05, 0) is 18.4 Å². The van der Waals surface area contributed by atoms with E-state index in [4.69, 9.17) is 0 Å². The van der Waals surface area contributed by atoms with Crippen LogP contribution in [0.4, 0.5) is 4.79 Å². The number of benzene rings is 1. The van der Waals surface area contributed by atoms with Crippen molar-refractivity contribution in [1.29, 1.82) is 0 Å². The Bertz CT molecular complexity index is 485. The van der Waals surface area contributed by atoms with Crippen molar-refractivity contribution in [3.8, 4) is 0 Å². The maximum atomic E-state index is 10.6. The number of amides is 1. The molecule has 0 radical (unpaired) electrons. The monoisotopic (exact) mass is 246 g/mol. The molecule has 0 saturated carbocycles. The normalized spacial score (nSPS) is 12.0. The van der Waals surface area contributed by atoms with E-state index in [1.165, 1.54) is 0 Å². The van der Waals surface area contributed by atoms with Crippen molar-refractivity contribution in [2.24, 2.45) is 0 Å². The number of carboxylic acid groups (broad SMARTS) is 1. The zero-order valence-corrected chi connectivity index (χ0v) is 9.54. The van der Waals surface area contributed by atoms with E-state index in [1.807, 2.05) is 30.3 Å². The predicted octanol–water partition coefficient (Wildman–Crippen LogP) is -0.194. The van der Waals surface area contributed by atoms with E-state index in [1.54, 1.807) is 0 Å². The number of aromatic amines is 1. The molecule has 1 atom stereocenters. The Kier molecular flexibility index (Phi) is 3.85. The van der Waals surface area contributed by atoms with Crippen molar-refractivity contribution in [3.63, 3.8) is 0 Å². The van der Waals surface area contributed by atoms with Gasteiger partial charge in [-0.2, -0.15) is 5.21 Å². The predicted molar refractivity (Wildman–Crippen MR) is 60.2 cm³/mol. The molecule has 7 nitrogen and oxygen atoms in total. The molecule has 2 N–H and O–H groups in total. The van der Waals surface area contributed by atoms with E-state index in [0.29, 0.717) is 18.7 Å². The lowest BCUT2D eigenvalue weighted by Gasteiger charge is -2.16. The lowest BCUT2D eigenvalue weighted by Crippen LogP contribution is -2.39. The van der Waals surface area contributed by atoms with Crippen LogP contribution in [-0.2, 0) is 6.42 Å². The SMILES string of the molecule is O=C([O-])NC(CCc1ccccc1)c1nn[nH]n1. The molecule has 0 spiro atoms. The molecule has 1 aromatic carbocycles. The Labute approximate surface area is 103 Å². The molecule has 0 saturated heterocycles. The molecule has 1 amide bonds. The number of aromatic nitrogens is 4. The fourth-order valence-electron chi connectivity index (χ4n) is 1.68. The quantitative estimate of drug-likeness (QED) is 0.760. The Morgan fingerprint density at radius 1 is 1.39 bits per heavy atom. The highest BCUT2D eigenvalue weighted by atomic mass is 16.4. The van der Waals surface area contributed by atoms with Gasteiger partial charge in [-0.3, -0.25) is 0 Å². The fraction of sp³-hybridized carbons (Fsp3) is 0.273. The van der Waals surface area contributed by atoms with Crippen LogP contribution in [0.15, 0.2) is 30.3 Å². The number of aryl methyl sites for hydroxylation is 1. The lowest BCUT2D eigenvalue weighted by atomic mass is 10.1. The van der Waals surface area contributed by atoms with Gasteiger partial charge in [0.15, 0.2) is 5.82 Å². The largest absolute Gasteiger partial charge is 0.530 e. The molecule has 2 rings (SSSR count). The third-order valence-corrected chi connectivity index (χ3v) is 2.53. The van der Waals surface area contributed by atoms with Crippen molar-refractivity contribution in [2.45, 2.75) is 18.9 Å². The van der Waals surface area contributed by atoms with Crippen molar-refractivity contribution in [2.75, 3.05) is 0 Å². The summed E-state index contributed by atoms with van der Waals surface area (Å²) in [7, 11) is 0. The molecule has 2 aromatic rings. The first-order chi connectivity index (χ1) is 8.75. The van der Waals surface area contributed by atoms with Crippen LogP contribution < -0.4 is 10.4 Å². The number of carbonyl (C=O) groups is 1. The number of hydrogen-bond acceptors (Lipinski definition) is 5. The van der Waals surface area contributed by atoms with E-state index < -0.39 is 12.1 Å². The van der Waals surface area contributed by atoms with E-state index in [0.717, 1.165) is 5.56 Å². The Balaban J connectivity index is 2.00. The number of H-pyrrole nitrogens is 1. The summed E-state index contributed by atoms with van der Waals surface area (Å²) in [4.78, 5) is 10.6. The van der Waals surface area contributed by atoms with Gasteiger partial charge in [-0.25, -0.2) is 0 Å². The number of carbonyl (C=O) groups excluding carboxylic acids is 1. The maximum absolute atomic E-state index is 10.6. The average molecular weight is 246 g/mol. The molecule has 0 fully saturated rings. The van der Waals surface area contributed by atoms with Crippen LogP contribution in [0, 0.1) is 0 Å². The minimum atomic E-state index is -1.35. The molecule has 18 heavy (non-hydrogen) atoms. The number of tetrazole rings is 1. The highest BCUT2D eigenvalue weighted by molar-refractivity contribution is 5.62. The summed E-state index contributed by atoms with van der Waals surface area (Å²) >= 11 is 0. The second kappa shape index (κ2) is 5.76. The standard InChI is InChI=1S/C11H13N5O2/c17-11(18)12-9(10-13-15-16-14-10)7-6-8-4-2-1-3-5-8/h1-5,9,12H,6-7H2,(H,17,18)(H,13,14,15,16)/p-1. The molecule has 0 aliphatic carbocycles.